The van der Waals surface area contributed by atoms with Crippen molar-refractivity contribution in [3.05, 3.63) is 63.6 Å². The third-order valence-corrected chi connectivity index (χ3v) is 4.91. The highest BCUT2D eigenvalue weighted by atomic mass is 35.5. The highest BCUT2D eigenvalue weighted by molar-refractivity contribution is 7.99. The van der Waals surface area contributed by atoms with Crippen LogP contribution in [-0.2, 0) is 0 Å². The van der Waals surface area contributed by atoms with Gasteiger partial charge in [0.15, 0.2) is 5.78 Å². The van der Waals surface area contributed by atoms with Gasteiger partial charge >= 0.3 is 0 Å². The summed E-state index contributed by atoms with van der Waals surface area (Å²) < 4.78 is 5.62. The maximum atomic E-state index is 12.2. The lowest BCUT2D eigenvalue weighted by Crippen LogP contribution is -2.02. The summed E-state index contributed by atoms with van der Waals surface area (Å²) in [4.78, 5) is 12.2. The van der Waals surface area contributed by atoms with Crippen molar-refractivity contribution < 1.29 is 9.21 Å². The fourth-order valence-corrected chi connectivity index (χ4v) is 3.03. The van der Waals surface area contributed by atoms with Crippen LogP contribution in [0.3, 0.4) is 0 Å². The molecule has 1 aromatic heterocycles. The highest BCUT2D eigenvalue weighted by Gasteiger charge is 2.14. The van der Waals surface area contributed by atoms with Gasteiger partial charge in [-0.3, -0.25) is 4.79 Å². The Morgan fingerprint density at radius 2 is 1.92 bits per heavy atom. The average molecular weight is 379 g/mol. The number of ketones is 1. The first kappa shape index (κ1) is 17.0. The minimum absolute atomic E-state index is 0.0887. The molecule has 0 atom stereocenters. The predicted molar refractivity (Wildman–Crippen MR) is 96.0 cm³/mol. The lowest BCUT2D eigenvalue weighted by Gasteiger charge is -2.01. The van der Waals surface area contributed by atoms with Crippen LogP contribution in [0.25, 0.3) is 11.5 Å². The van der Waals surface area contributed by atoms with Crippen molar-refractivity contribution in [1.82, 2.24) is 10.2 Å². The summed E-state index contributed by atoms with van der Waals surface area (Å²) >= 11 is 13.0. The molecule has 0 N–H and O–H groups in total. The lowest BCUT2D eigenvalue weighted by molar-refractivity contribution is 0.102. The fourth-order valence-electron chi connectivity index (χ4n) is 2.07. The predicted octanol–water partition coefficient (Wildman–Crippen LogP) is 5.33. The molecule has 3 rings (SSSR count). The van der Waals surface area contributed by atoms with Gasteiger partial charge in [0.1, 0.15) is 0 Å². The van der Waals surface area contributed by atoms with E-state index in [1.165, 1.54) is 11.8 Å². The maximum Gasteiger partial charge on any atom is 0.277 e. The molecule has 0 spiro atoms. The summed E-state index contributed by atoms with van der Waals surface area (Å²) in [6, 6.07) is 12.5. The molecule has 0 aliphatic carbocycles. The standard InChI is InChI=1S/C17H12Cl2N2O2S/c1-10-4-2-3-5-12(10)16-20-21-17(23-16)24-9-15(22)11-6-7-13(18)14(19)8-11/h2-8H,9H2,1H3. The van der Waals surface area contributed by atoms with Gasteiger partial charge in [-0.05, 0) is 36.8 Å². The SMILES string of the molecule is Cc1ccccc1-c1nnc(SCC(=O)c2ccc(Cl)c(Cl)c2)o1. The zero-order chi connectivity index (χ0) is 17.1. The highest BCUT2D eigenvalue weighted by Crippen LogP contribution is 2.27. The minimum Gasteiger partial charge on any atom is -0.411 e. The van der Waals surface area contributed by atoms with Gasteiger partial charge in [0, 0.05) is 11.1 Å². The van der Waals surface area contributed by atoms with Gasteiger partial charge in [-0.2, -0.15) is 0 Å². The Balaban J connectivity index is 1.68. The van der Waals surface area contributed by atoms with Crippen molar-refractivity contribution in [3.8, 4) is 11.5 Å². The second-order valence-electron chi connectivity index (χ2n) is 5.03. The number of hydrogen-bond acceptors (Lipinski definition) is 5. The Morgan fingerprint density at radius 1 is 1.12 bits per heavy atom. The van der Waals surface area contributed by atoms with Crippen LogP contribution in [0.1, 0.15) is 15.9 Å². The van der Waals surface area contributed by atoms with E-state index in [9.17, 15) is 4.79 Å². The molecule has 0 saturated carbocycles. The first-order valence-electron chi connectivity index (χ1n) is 7.05. The monoisotopic (exact) mass is 378 g/mol. The summed E-state index contributed by atoms with van der Waals surface area (Å²) in [6.07, 6.45) is 0. The van der Waals surface area contributed by atoms with Crippen LogP contribution < -0.4 is 0 Å². The van der Waals surface area contributed by atoms with Crippen molar-refractivity contribution >= 4 is 40.7 Å². The van der Waals surface area contributed by atoms with Gasteiger partial charge in [-0.25, -0.2) is 0 Å². The molecule has 0 unspecified atom stereocenters. The number of rotatable bonds is 5. The van der Waals surface area contributed by atoms with E-state index in [1.807, 2.05) is 31.2 Å². The van der Waals surface area contributed by atoms with Gasteiger partial charge in [0.2, 0.25) is 5.89 Å². The van der Waals surface area contributed by atoms with Crippen molar-refractivity contribution in [2.24, 2.45) is 0 Å². The Labute approximate surface area is 153 Å². The third kappa shape index (κ3) is 3.80. The van der Waals surface area contributed by atoms with Crippen LogP contribution in [0.5, 0.6) is 0 Å². The van der Waals surface area contributed by atoms with Gasteiger partial charge in [0.25, 0.3) is 5.22 Å². The zero-order valence-corrected chi connectivity index (χ0v) is 15.0. The number of aromatic nitrogens is 2. The quantitative estimate of drug-likeness (QED) is 0.443. The van der Waals surface area contributed by atoms with Crippen LogP contribution in [0, 0.1) is 6.92 Å². The molecule has 1 heterocycles. The number of carbonyl (C=O) groups is 1. The molecule has 122 valence electrons. The zero-order valence-electron chi connectivity index (χ0n) is 12.6. The summed E-state index contributed by atoms with van der Waals surface area (Å²) in [5.74, 6) is 0.527. The molecule has 7 heteroatoms. The molecule has 0 radical (unpaired) electrons. The normalized spacial score (nSPS) is 10.8. The van der Waals surface area contributed by atoms with Gasteiger partial charge < -0.3 is 4.42 Å². The summed E-state index contributed by atoms with van der Waals surface area (Å²) in [5, 5.41) is 9.13. The van der Waals surface area contributed by atoms with Crippen LogP contribution >= 0.6 is 35.0 Å². The molecular weight excluding hydrogens is 367 g/mol. The van der Waals surface area contributed by atoms with E-state index in [2.05, 4.69) is 10.2 Å². The lowest BCUT2D eigenvalue weighted by atomic mass is 10.1. The molecule has 0 aliphatic rings. The van der Waals surface area contributed by atoms with Gasteiger partial charge in [-0.1, -0.05) is 53.2 Å². The second kappa shape index (κ2) is 7.38. The minimum atomic E-state index is -0.0887. The van der Waals surface area contributed by atoms with Crippen molar-refractivity contribution in [3.63, 3.8) is 0 Å². The van der Waals surface area contributed by atoms with Crippen molar-refractivity contribution in [1.29, 1.82) is 0 Å². The van der Waals surface area contributed by atoms with E-state index >= 15 is 0 Å². The molecule has 2 aromatic carbocycles. The molecule has 0 bridgehead atoms. The molecule has 0 amide bonds. The topological polar surface area (TPSA) is 56.0 Å². The smallest absolute Gasteiger partial charge is 0.277 e. The summed E-state index contributed by atoms with van der Waals surface area (Å²) in [6.45, 7) is 1.97. The number of Topliss-reactive ketones (excluding diaryl/α,β-unsaturated/α-hetero) is 1. The maximum absolute atomic E-state index is 12.2. The molecular formula is C17H12Cl2N2O2S. The fraction of sp³-hybridized carbons (Fsp3) is 0.118. The molecule has 0 fully saturated rings. The number of benzene rings is 2. The number of carbonyl (C=O) groups excluding carboxylic acids is 1. The van der Waals surface area contributed by atoms with Gasteiger partial charge in [0.05, 0.1) is 15.8 Å². The van der Waals surface area contributed by atoms with Crippen molar-refractivity contribution in [2.45, 2.75) is 12.1 Å². The second-order valence-corrected chi connectivity index (χ2v) is 6.77. The Hall–Kier alpha value is -1.82. The number of hydrogen-bond donors (Lipinski definition) is 0. The molecule has 0 aliphatic heterocycles. The molecule has 24 heavy (non-hydrogen) atoms. The average Bonchev–Trinajstić information content (AvgIpc) is 3.04. The third-order valence-electron chi connectivity index (χ3n) is 3.35. The number of halogens is 2. The van der Waals surface area contributed by atoms with E-state index in [0.29, 0.717) is 26.7 Å². The van der Waals surface area contributed by atoms with E-state index in [1.54, 1.807) is 18.2 Å². The largest absolute Gasteiger partial charge is 0.411 e. The first-order chi connectivity index (χ1) is 11.5. The van der Waals surface area contributed by atoms with Crippen LogP contribution in [0.2, 0.25) is 10.0 Å². The van der Waals surface area contributed by atoms with Crippen LogP contribution in [0.4, 0.5) is 0 Å². The summed E-state index contributed by atoms with van der Waals surface area (Å²) in [7, 11) is 0. The Bertz CT molecular complexity index is 896. The van der Waals surface area contributed by atoms with Crippen molar-refractivity contribution in [2.75, 3.05) is 5.75 Å². The molecule has 4 nitrogen and oxygen atoms in total. The molecule has 3 aromatic rings. The number of aryl methyl sites for hydroxylation is 1. The van der Waals surface area contributed by atoms with Crippen LogP contribution in [-0.4, -0.2) is 21.7 Å². The van der Waals surface area contributed by atoms with E-state index in [-0.39, 0.29) is 11.5 Å². The van der Waals surface area contributed by atoms with Crippen LogP contribution in [0.15, 0.2) is 52.1 Å². The molecule has 0 saturated heterocycles. The Morgan fingerprint density at radius 3 is 2.67 bits per heavy atom. The van der Waals surface area contributed by atoms with E-state index in [0.717, 1.165) is 11.1 Å². The number of thioether (sulfide) groups is 1. The Kier molecular flexibility index (Phi) is 5.23. The van der Waals surface area contributed by atoms with Gasteiger partial charge in [-0.15, -0.1) is 10.2 Å². The van der Waals surface area contributed by atoms with E-state index in [4.69, 9.17) is 27.6 Å². The van der Waals surface area contributed by atoms with E-state index < -0.39 is 0 Å². The summed E-state index contributed by atoms with van der Waals surface area (Å²) in [5.41, 5.74) is 2.42. The first-order valence-corrected chi connectivity index (χ1v) is 8.79. The number of nitrogens with zero attached hydrogens (tertiary/aromatic N) is 2.